The third-order valence-corrected chi connectivity index (χ3v) is 5.35. The molecule has 158 valence electrons. The van der Waals surface area contributed by atoms with Gasteiger partial charge in [0.25, 0.3) is 0 Å². The highest BCUT2D eigenvalue weighted by Crippen LogP contribution is 2.18. The Balaban J connectivity index is 1.61. The number of benzene rings is 2. The van der Waals surface area contributed by atoms with Gasteiger partial charge in [-0.1, -0.05) is 43.7 Å². The van der Waals surface area contributed by atoms with Gasteiger partial charge in [0.2, 0.25) is 0 Å². The second-order valence-electron chi connectivity index (χ2n) is 7.91. The number of amides is 2. The number of carbonyl (C=O) groups excluding carboxylic acids is 1. The summed E-state index contributed by atoms with van der Waals surface area (Å²) in [6.07, 6.45) is 0. The van der Waals surface area contributed by atoms with Gasteiger partial charge in [0.15, 0.2) is 0 Å². The van der Waals surface area contributed by atoms with Crippen molar-refractivity contribution in [2.45, 2.75) is 40.8 Å². The van der Waals surface area contributed by atoms with Gasteiger partial charge in [0, 0.05) is 17.6 Å². The minimum atomic E-state index is -0.113. The number of hydrogen-bond donors (Lipinski definition) is 1. The molecule has 6 heteroatoms. The molecule has 0 aliphatic heterocycles. The fourth-order valence-corrected chi connectivity index (χ4v) is 3.73. The Morgan fingerprint density at radius 1 is 1.13 bits per heavy atom. The average Bonchev–Trinajstić information content (AvgIpc) is 3.15. The predicted molar refractivity (Wildman–Crippen MR) is 123 cm³/mol. The van der Waals surface area contributed by atoms with Gasteiger partial charge < -0.3 is 15.0 Å². The van der Waals surface area contributed by atoms with Gasteiger partial charge in [0.1, 0.15) is 17.4 Å². The van der Waals surface area contributed by atoms with E-state index in [0.717, 1.165) is 33.3 Å². The van der Waals surface area contributed by atoms with Crippen LogP contribution in [0.25, 0.3) is 0 Å². The predicted octanol–water partition coefficient (Wildman–Crippen LogP) is 6.03. The van der Waals surface area contributed by atoms with Crippen molar-refractivity contribution in [3.8, 4) is 5.75 Å². The third kappa shape index (κ3) is 6.59. The van der Waals surface area contributed by atoms with Crippen molar-refractivity contribution in [3.05, 3.63) is 75.7 Å². The van der Waals surface area contributed by atoms with Crippen LogP contribution in [0.2, 0.25) is 0 Å². The van der Waals surface area contributed by atoms with Crippen LogP contribution in [0.5, 0.6) is 5.75 Å². The molecule has 1 aromatic heterocycles. The number of ether oxygens (including phenoxy) is 1. The van der Waals surface area contributed by atoms with Crippen LogP contribution >= 0.6 is 11.3 Å². The van der Waals surface area contributed by atoms with Gasteiger partial charge in [-0.2, -0.15) is 0 Å². The van der Waals surface area contributed by atoms with Crippen LogP contribution in [-0.4, -0.2) is 22.5 Å². The Hall–Kier alpha value is -2.86. The molecule has 30 heavy (non-hydrogen) atoms. The van der Waals surface area contributed by atoms with Gasteiger partial charge in [-0.15, -0.1) is 11.3 Å². The molecule has 0 atom stereocenters. The lowest BCUT2D eigenvalue weighted by Gasteiger charge is -2.24. The number of aromatic nitrogens is 1. The van der Waals surface area contributed by atoms with Crippen LogP contribution in [0.15, 0.2) is 53.9 Å². The number of thiazole rings is 1. The number of urea groups is 1. The van der Waals surface area contributed by atoms with E-state index < -0.39 is 0 Å². The molecule has 0 aliphatic carbocycles. The molecule has 0 bridgehead atoms. The minimum Gasteiger partial charge on any atom is -0.486 e. The Labute approximate surface area is 182 Å². The zero-order valence-corrected chi connectivity index (χ0v) is 18.8. The lowest BCUT2D eigenvalue weighted by Crippen LogP contribution is -2.37. The quantitative estimate of drug-likeness (QED) is 0.481. The van der Waals surface area contributed by atoms with E-state index in [1.54, 1.807) is 11.3 Å². The number of aryl methyl sites for hydroxylation is 2. The highest BCUT2D eigenvalue weighted by Gasteiger charge is 2.17. The van der Waals surface area contributed by atoms with Crippen molar-refractivity contribution >= 4 is 23.1 Å². The van der Waals surface area contributed by atoms with Crippen molar-refractivity contribution in [1.82, 2.24) is 9.88 Å². The maximum Gasteiger partial charge on any atom is 0.322 e. The summed E-state index contributed by atoms with van der Waals surface area (Å²) in [5.74, 6) is 1.20. The molecule has 0 spiro atoms. The van der Waals surface area contributed by atoms with Crippen molar-refractivity contribution in [2.75, 3.05) is 11.9 Å². The summed E-state index contributed by atoms with van der Waals surface area (Å²) in [4.78, 5) is 19.3. The van der Waals surface area contributed by atoms with E-state index in [-0.39, 0.29) is 6.03 Å². The molecule has 1 N–H and O–H groups in total. The largest absolute Gasteiger partial charge is 0.486 e. The molecule has 0 fully saturated rings. The Morgan fingerprint density at radius 2 is 1.90 bits per heavy atom. The molecule has 2 amide bonds. The summed E-state index contributed by atoms with van der Waals surface area (Å²) in [6.45, 7) is 9.83. The number of rotatable bonds is 8. The highest BCUT2D eigenvalue weighted by molar-refractivity contribution is 7.09. The van der Waals surface area contributed by atoms with E-state index >= 15 is 0 Å². The second kappa shape index (κ2) is 10.3. The van der Waals surface area contributed by atoms with Crippen molar-refractivity contribution in [3.63, 3.8) is 0 Å². The Bertz CT molecular complexity index is 967. The normalized spacial score (nSPS) is 10.8. The summed E-state index contributed by atoms with van der Waals surface area (Å²) in [5.41, 5.74) is 4.00. The summed E-state index contributed by atoms with van der Waals surface area (Å²) in [7, 11) is 0. The van der Waals surface area contributed by atoms with Crippen molar-refractivity contribution < 1.29 is 9.53 Å². The monoisotopic (exact) mass is 423 g/mol. The van der Waals surface area contributed by atoms with E-state index in [1.165, 1.54) is 0 Å². The fraction of sp³-hybridized carbons (Fsp3) is 0.333. The number of nitrogens with zero attached hydrogens (tertiary/aromatic N) is 2. The summed E-state index contributed by atoms with van der Waals surface area (Å²) in [5, 5.41) is 5.89. The second-order valence-corrected chi connectivity index (χ2v) is 8.85. The number of carbonyl (C=O) groups is 1. The van der Waals surface area contributed by atoms with E-state index in [0.29, 0.717) is 25.6 Å². The van der Waals surface area contributed by atoms with Crippen LogP contribution < -0.4 is 10.1 Å². The summed E-state index contributed by atoms with van der Waals surface area (Å²) < 4.78 is 5.85. The minimum absolute atomic E-state index is 0.113. The Morgan fingerprint density at radius 3 is 2.60 bits per heavy atom. The fourth-order valence-electron chi connectivity index (χ4n) is 3.03. The lowest BCUT2D eigenvalue weighted by atomic mass is 10.2. The number of anilines is 1. The van der Waals surface area contributed by atoms with Gasteiger partial charge in [-0.3, -0.25) is 0 Å². The third-order valence-electron chi connectivity index (χ3n) is 4.48. The van der Waals surface area contributed by atoms with Crippen molar-refractivity contribution in [2.24, 2.45) is 5.92 Å². The molecule has 0 aliphatic rings. The van der Waals surface area contributed by atoms with E-state index in [9.17, 15) is 4.79 Å². The summed E-state index contributed by atoms with van der Waals surface area (Å²) >= 11 is 1.56. The highest BCUT2D eigenvalue weighted by atomic mass is 32.1. The van der Waals surface area contributed by atoms with Gasteiger partial charge >= 0.3 is 6.03 Å². The number of nitrogens with one attached hydrogen (secondary N) is 1. The SMILES string of the molecule is Cc1ccc(NC(=O)N(Cc2csc(COc3cccc(C)c3)n2)CC(C)C)cc1. The topological polar surface area (TPSA) is 54.5 Å². The molecule has 5 nitrogen and oxygen atoms in total. The molecule has 0 unspecified atom stereocenters. The molecule has 0 radical (unpaired) electrons. The molecular weight excluding hydrogens is 394 g/mol. The average molecular weight is 424 g/mol. The smallest absolute Gasteiger partial charge is 0.322 e. The molecule has 0 saturated carbocycles. The zero-order chi connectivity index (χ0) is 21.5. The first-order chi connectivity index (χ1) is 14.4. The van der Waals surface area contributed by atoms with Crippen LogP contribution in [0.4, 0.5) is 10.5 Å². The lowest BCUT2D eigenvalue weighted by molar-refractivity contribution is 0.201. The van der Waals surface area contributed by atoms with Crippen LogP contribution in [0.3, 0.4) is 0 Å². The molecule has 3 rings (SSSR count). The number of hydrogen-bond acceptors (Lipinski definition) is 4. The van der Waals surface area contributed by atoms with Gasteiger partial charge in [0.05, 0.1) is 12.2 Å². The first kappa shape index (κ1) is 21.8. The first-order valence-corrected chi connectivity index (χ1v) is 11.0. The zero-order valence-electron chi connectivity index (χ0n) is 18.0. The molecule has 3 aromatic rings. The van der Waals surface area contributed by atoms with E-state index in [4.69, 9.17) is 4.74 Å². The van der Waals surface area contributed by atoms with Crippen LogP contribution in [-0.2, 0) is 13.2 Å². The molecule has 1 heterocycles. The van der Waals surface area contributed by atoms with Crippen LogP contribution in [0, 0.1) is 19.8 Å². The molecule has 2 aromatic carbocycles. The van der Waals surface area contributed by atoms with Crippen molar-refractivity contribution in [1.29, 1.82) is 0 Å². The molecule has 0 saturated heterocycles. The van der Waals surface area contributed by atoms with E-state index in [1.807, 2.05) is 72.7 Å². The van der Waals surface area contributed by atoms with Crippen LogP contribution in [0.1, 0.15) is 35.7 Å². The summed E-state index contributed by atoms with van der Waals surface area (Å²) in [6, 6.07) is 15.7. The molecular formula is C24H29N3O2S. The van der Waals surface area contributed by atoms with Gasteiger partial charge in [-0.05, 0) is 49.6 Å². The standard InChI is InChI=1S/C24H29N3O2S/c1-17(2)13-27(24(28)26-20-10-8-18(3)9-11-20)14-21-16-30-23(25-21)15-29-22-7-5-6-19(4)12-22/h5-12,16-17H,13-15H2,1-4H3,(H,26,28). The first-order valence-electron chi connectivity index (χ1n) is 10.1. The van der Waals surface area contributed by atoms with E-state index in [2.05, 4.69) is 24.1 Å². The maximum absolute atomic E-state index is 12.9. The van der Waals surface area contributed by atoms with Gasteiger partial charge in [-0.25, -0.2) is 9.78 Å². The Kier molecular flexibility index (Phi) is 7.46. The maximum atomic E-state index is 12.9.